The summed E-state index contributed by atoms with van der Waals surface area (Å²) in [5, 5.41) is 11.6. The second kappa shape index (κ2) is 10.2. The van der Waals surface area contributed by atoms with E-state index in [1.54, 1.807) is 0 Å². The third kappa shape index (κ3) is 9.19. The van der Waals surface area contributed by atoms with Gasteiger partial charge in [0, 0.05) is 6.42 Å². The molecule has 0 atom stereocenters. The standard InChI is InChI=1S/C10H18N2/c1-2-3-6-9-12-10-7-4-5-8-11/h2-3,12H,4-7,9-10H2,1H3/b3-2+. The van der Waals surface area contributed by atoms with E-state index in [-0.39, 0.29) is 0 Å². The summed E-state index contributed by atoms with van der Waals surface area (Å²) >= 11 is 0. The topological polar surface area (TPSA) is 35.8 Å². The zero-order valence-corrected chi connectivity index (χ0v) is 7.84. The minimum absolute atomic E-state index is 0.691. The molecule has 0 rings (SSSR count). The summed E-state index contributed by atoms with van der Waals surface area (Å²) in [6.45, 7) is 4.13. The van der Waals surface area contributed by atoms with Crippen molar-refractivity contribution in [1.29, 1.82) is 5.26 Å². The van der Waals surface area contributed by atoms with Gasteiger partial charge in [-0.15, -0.1) is 0 Å². The Kier molecular flexibility index (Phi) is 9.50. The number of nitrogens with one attached hydrogen (secondary N) is 1. The minimum atomic E-state index is 0.691. The molecule has 0 saturated carbocycles. The van der Waals surface area contributed by atoms with E-state index in [4.69, 9.17) is 5.26 Å². The molecular formula is C10H18N2. The highest BCUT2D eigenvalue weighted by Gasteiger charge is 1.86. The highest BCUT2D eigenvalue weighted by molar-refractivity contribution is 4.77. The van der Waals surface area contributed by atoms with Crippen molar-refractivity contribution < 1.29 is 0 Å². The van der Waals surface area contributed by atoms with Gasteiger partial charge in [0.15, 0.2) is 0 Å². The van der Waals surface area contributed by atoms with Crippen molar-refractivity contribution in [2.24, 2.45) is 0 Å². The largest absolute Gasteiger partial charge is 0.316 e. The fraction of sp³-hybridized carbons (Fsp3) is 0.700. The summed E-state index contributed by atoms with van der Waals surface area (Å²) in [6.07, 6.45) is 8.15. The van der Waals surface area contributed by atoms with Gasteiger partial charge < -0.3 is 5.32 Å². The fourth-order valence-corrected chi connectivity index (χ4v) is 0.931. The summed E-state index contributed by atoms with van der Waals surface area (Å²) in [7, 11) is 0. The van der Waals surface area contributed by atoms with Crippen LogP contribution < -0.4 is 5.32 Å². The Labute approximate surface area is 75.3 Å². The Morgan fingerprint density at radius 1 is 1.33 bits per heavy atom. The van der Waals surface area contributed by atoms with Crippen LogP contribution in [0.1, 0.15) is 32.6 Å². The molecule has 12 heavy (non-hydrogen) atoms. The first-order valence-corrected chi connectivity index (χ1v) is 4.60. The maximum atomic E-state index is 8.26. The molecule has 0 aromatic carbocycles. The monoisotopic (exact) mass is 166 g/mol. The molecule has 0 heterocycles. The highest BCUT2D eigenvalue weighted by Crippen LogP contribution is 1.91. The van der Waals surface area contributed by atoms with Gasteiger partial charge >= 0.3 is 0 Å². The van der Waals surface area contributed by atoms with E-state index < -0.39 is 0 Å². The van der Waals surface area contributed by atoms with E-state index >= 15 is 0 Å². The number of hydrogen-bond donors (Lipinski definition) is 1. The molecule has 0 aliphatic carbocycles. The number of nitriles is 1. The maximum absolute atomic E-state index is 8.26. The average molecular weight is 166 g/mol. The second-order valence-corrected chi connectivity index (χ2v) is 2.72. The lowest BCUT2D eigenvalue weighted by molar-refractivity contribution is 0.632. The maximum Gasteiger partial charge on any atom is 0.0621 e. The molecule has 0 saturated heterocycles. The van der Waals surface area contributed by atoms with Gasteiger partial charge in [-0.3, -0.25) is 0 Å². The Morgan fingerprint density at radius 2 is 2.17 bits per heavy atom. The van der Waals surface area contributed by atoms with Crippen molar-refractivity contribution in [2.75, 3.05) is 13.1 Å². The van der Waals surface area contributed by atoms with Gasteiger partial charge in [0.2, 0.25) is 0 Å². The summed E-state index contributed by atoms with van der Waals surface area (Å²) < 4.78 is 0. The van der Waals surface area contributed by atoms with Gasteiger partial charge in [-0.1, -0.05) is 12.2 Å². The molecule has 0 aromatic rings. The van der Waals surface area contributed by atoms with Crippen LogP contribution >= 0.6 is 0 Å². The predicted octanol–water partition coefficient (Wildman–Crippen LogP) is 2.24. The zero-order chi connectivity index (χ0) is 9.07. The van der Waals surface area contributed by atoms with E-state index in [1.807, 2.05) is 6.92 Å². The Morgan fingerprint density at radius 3 is 2.83 bits per heavy atom. The number of nitrogens with zero attached hydrogens (tertiary/aromatic N) is 1. The first-order chi connectivity index (χ1) is 5.91. The molecule has 0 unspecified atom stereocenters. The van der Waals surface area contributed by atoms with Gasteiger partial charge in [0.25, 0.3) is 0 Å². The average Bonchev–Trinajstić information content (AvgIpc) is 2.10. The lowest BCUT2D eigenvalue weighted by Gasteiger charge is -2.00. The zero-order valence-electron chi connectivity index (χ0n) is 7.84. The summed E-state index contributed by atoms with van der Waals surface area (Å²) in [5.41, 5.74) is 0. The van der Waals surface area contributed by atoms with Crippen molar-refractivity contribution in [3.05, 3.63) is 12.2 Å². The molecule has 1 N–H and O–H groups in total. The van der Waals surface area contributed by atoms with E-state index in [0.717, 1.165) is 32.4 Å². The summed E-state index contributed by atoms with van der Waals surface area (Å²) in [4.78, 5) is 0. The molecule has 0 bridgehead atoms. The van der Waals surface area contributed by atoms with Crippen LogP contribution in [0.25, 0.3) is 0 Å². The van der Waals surface area contributed by atoms with Crippen molar-refractivity contribution in [2.45, 2.75) is 32.6 Å². The van der Waals surface area contributed by atoms with Gasteiger partial charge in [0.05, 0.1) is 6.07 Å². The molecule has 0 aliphatic rings. The van der Waals surface area contributed by atoms with Crippen molar-refractivity contribution >= 4 is 0 Å². The van der Waals surface area contributed by atoms with Crippen LogP contribution in [-0.4, -0.2) is 13.1 Å². The molecule has 0 amide bonds. The van der Waals surface area contributed by atoms with Gasteiger partial charge in [-0.05, 0) is 39.3 Å². The van der Waals surface area contributed by atoms with Crippen LogP contribution in [0.15, 0.2) is 12.2 Å². The number of unbranched alkanes of at least 4 members (excludes halogenated alkanes) is 2. The van der Waals surface area contributed by atoms with Crippen LogP contribution in [0, 0.1) is 11.3 Å². The minimum Gasteiger partial charge on any atom is -0.316 e. The molecule has 0 spiro atoms. The van der Waals surface area contributed by atoms with Crippen LogP contribution in [0.5, 0.6) is 0 Å². The van der Waals surface area contributed by atoms with Crippen LogP contribution in [0.4, 0.5) is 0 Å². The third-order valence-corrected chi connectivity index (χ3v) is 1.62. The lowest BCUT2D eigenvalue weighted by Crippen LogP contribution is -2.15. The lowest BCUT2D eigenvalue weighted by atomic mass is 10.2. The van der Waals surface area contributed by atoms with Crippen molar-refractivity contribution in [1.82, 2.24) is 5.32 Å². The SMILES string of the molecule is C/C=C/CCNCCCCC#N. The quantitative estimate of drug-likeness (QED) is 0.465. The van der Waals surface area contributed by atoms with Gasteiger partial charge in [-0.2, -0.15) is 5.26 Å². The molecule has 68 valence electrons. The smallest absolute Gasteiger partial charge is 0.0621 e. The molecule has 0 aliphatic heterocycles. The second-order valence-electron chi connectivity index (χ2n) is 2.72. The highest BCUT2D eigenvalue weighted by atomic mass is 14.8. The van der Waals surface area contributed by atoms with E-state index in [2.05, 4.69) is 23.5 Å². The Hall–Kier alpha value is -0.810. The normalized spacial score (nSPS) is 10.3. The molecule has 2 nitrogen and oxygen atoms in total. The molecule has 0 aromatic heterocycles. The van der Waals surface area contributed by atoms with Crippen LogP contribution in [-0.2, 0) is 0 Å². The number of rotatable bonds is 7. The number of allylic oxidation sites excluding steroid dienone is 1. The van der Waals surface area contributed by atoms with Gasteiger partial charge in [0.1, 0.15) is 0 Å². The Balaban J connectivity index is 2.87. The van der Waals surface area contributed by atoms with Crippen LogP contribution in [0.3, 0.4) is 0 Å². The predicted molar refractivity (Wildman–Crippen MR) is 51.8 cm³/mol. The van der Waals surface area contributed by atoms with E-state index in [9.17, 15) is 0 Å². The number of hydrogen-bond acceptors (Lipinski definition) is 2. The van der Waals surface area contributed by atoms with E-state index in [0.29, 0.717) is 6.42 Å². The summed E-state index contributed by atoms with van der Waals surface area (Å²) in [5.74, 6) is 0. The van der Waals surface area contributed by atoms with E-state index in [1.165, 1.54) is 0 Å². The molecule has 0 radical (unpaired) electrons. The first-order valence-electron chi connectivity index (χ1n) is 4.60. The first kappa shape index (κ1) is 11.2. The summed E-state index contributed by atoms with van der Waals surface area (Å²) in [6, 6.07) is 2.14. The van der Waals surface area contributed by atoms with Crippen LogP contribution in [0.2, 0.25) is 0 Å². The van der Waals surface area contributed by atoms with Crippen molar-refractivity contribution in [3.8, 4) is 6.07 Å². The third-order valence-electron chi connectivity index (χ3n) is 1.62. The molecule has 2 heteroatoms. The molecule has 0 fully saturated rings. The van der Waals surface area contributed by atoms with Gasteiger partial charge in [-0.25, -0.2) is 0 Å². The Bertz CT molecular complexity index is 144. The fourth-order valence-electron chi connectivity index (χ4n) is 0.931. The molecular weight excluding hydrogens is 148 g/mol. The van der Waals surface area contributed by atoms with Crippen molar-refractivity contribution in [3.63, 3.8) is 0 Å².